The van der Waals surface area contributed by atoms with Crippen molar-refractivity contribution in [2.24, 2.45) is 0 Å². The SMILES string of the molecule is O=C(O)C(Cc1ccccc1)c1ncncc1Br. The molecule has 2 rings (SSSR count). The molecule has 1 unspecified atom stereocenters. The van der Waals surface area contributed by atoms with Crippen molar-refractivity contribution in [3.05, 3.63) is 58.6 Å². The molecule has 0 spiro atoms. The Hall–Kier alpha value is -1.75. The van der Waals surface area contributed by atoms with Crippen LogP contribution >= 0.6 is 15.9 Å². The van der Waals surface area contributed by atoms with E-state index in [0.717, 1.165) is 5.56 Å². The second-order valence-electron chi connectivity index (χ2n) is 3.84. The van der Waals surface area contributed by atoms with Crippen molar-refractivity contribution in [1.29, 1.82) is 0 Å². The number of carbonyl (C=O) groups is 1. The predicted molar refractivity (Wildman–Crippen MR) is 70.3 cm³/mol. The maximum atomic E-state index is 11.4. The van der Waals surface area contributed by atoms with E-state index >= 15 is 0 Å². The van der Waals surface area contributed by atoms with Gasteiger partial charge in [0.2, 0.25) is 0 Å². The molecule has 0 amide bonds. The molecule has 5 heteroatoms. The fraction of sp³-hybridized carbons (Fsp3) is 0.154. The van der Waals surface area contributed by atoms with Crippen LogP contribution in [0.15, 0.2) is 47.3 Å². The molecule has 0 aliphatic carbocycles. The average molecular weight is 307 g/mol. The number of carboxylic acid groups (broad SMARTS) is 1. The molecule has 2 aromatic rings. The van der Waals surface area contributed by atoms with Gasteiger partial charge in [0.15, 0.2) is 0 Å². The first-order valence-corrected chi connectivity index (χ1v) is 6.20. The van der Waals surface area contributed by atoms with E-state index in [2.05, 4.69) is 25.9 Å². The first kappa shape index (κ1) is 12.7. The van der Waals surface area contributed by atoms with Crippen molar-refractivity contribution in [3.63, 3.8) is 0 Å². The van der Waals surface area contributed by atoms with Gasteiger partial charge >= 0.3 is 5.97 Å². The highest BCUT2D eigenvalue weighted by molar-refractivity contribution is 9.10. The van der Waals surface area contributed by atoms with E-state index in [0.29, 0.717) is 16.6 Å². The lowest BCUT2D eigenvalue weighted by molar-refractivity contribution is -0.138. The van der Waals surface area contributed by atoms with Crippen LogP contribution in [0.1, 0.15) is 17.2 Å². The van der Waals surface area contributed by atoms with Gasteiger partial charge in [0.1, 0.15) is 12.2 Å². The average Bonchev–Trinajstić information content (AvgIpc) is 2.38. The molecule has 0 aliphatic heterocycles. The van der Waals surface area contributed by atoms with Crippen LogP contribution < -0.4 is 0 Å². The molecule has 92 valence electrons. The lowest BCUT2D eigenvalue weighted by Crippen LogP contribution is -2.16. The minimum absolute atomic E-state index is 0.409. The van der Waals surface area contributed by atoms with Gasteiger partial charge < -0.3 is 5.11 Å². The number of hydrogen-bond acceptors (Lipinski definition) is 3. The number of hydrogen-bond donors (Lipinski definition) is 1. The number of aliphatic carboxylic acids is 1. The van der Waals surface area contributed by atoms with Crippen molar-refractivity contribution >= 4 is 21.9 Å². The number of halogens is 1. The van der Waals surface area contributed by atoms with Gasteiger partial charge in [0.05, 0.1) is 10.2 Å². The molecule has 0 fully saturated rings. The smallest absolute Gasteiger partial charge is 0.312 e. The minimum Gasteiger partial charge on any atom is -0.481 e. The van der Waals surface area contributed by atoms with E-state index in [1.807, 2.05) is 30.3 Å². The summed E-state index contributed by atoms with van der Waals surface area (Å²) in [6.45, 7) is 0. The fourth-order valence-corrected chi connectivity index (χ4v) is 2.23. The summed E-state index contributed by atoms with van der Waals surface area (Å²) in [7, 11) is 0. The molecule has 0 saturated heterocycles. The van der Waals surface area contributed by atoms with Gasteiger partial charge in [-0.15, -0.1) is 0 Å². The zero-order valence-corrected chi connectivity index (χ0v) is 11.0. The van der Waals surface area contributed by atoms with E-state index in [-0.39, 0.29) is 0 Å². The molecule has 1 aromatic carbocycles. The van der Waals surface area contributed by atoms with Crippen LogP contribution in [0, 0.1) is 0 Å². The van der Waals surface area contributed by atoms with Crippen molar-refractivity contribution in [3.8, 4) is 0 Å². The molecule has 0 saturated carbocycles. The number of nitrogens with zero attached hydrogens (tertiary/aromatic N) is 2. The van der Waals surface area contributed by atoms with Gasteiger partial charge in [-0.1, -0.05) is 30.3 Å². The third-order valence-corrected chi connectivity index (χ3v) is 3.22. The highest BCUT2D eigenvalue weighted by Crippen LogP contribution is 2.25. The second kappa shape index (κ2) is 5.73. The largest absolute Gasteiger partial charge is 0.481 e. The van der Waals surface area contributed by atoms with Gasteiger partial charge in [0.25, 0.3) is 0 Å². The Morgan fingerprint density at radius 1 is 1.33 bits per heavy atom. The van der Waals surface area contributed by atoms with Crippen molar-refractivity contribution < 1.29 is 9.90 Å². The van der Waals surface area contributed by atoms with Crippen LogP contribution in [-0.4, -0.2) is 21.0 Å². The molecular weight excluding hydrogens is 296 g/mol. The van der Waals surface area contributed by atoms with Crippen LogP contribution in [0.4, 0.5) is 0 Å². The van der Waals surface area contributed by atoms with E-state index in [9.17, 15) is 9.90 Å². The topological polar surface area (TPSA) is 63.1 Å². The monoisotopic (exact) mass is 306 g/mol. The highest BCUT2D eigenvalue weighted by Gasteiger charge is 2.24. The molecule has 0 aliphatic rings. The molecule has 0 radical (unpaired) electrons. The predicted octanol–water partition coefficient (Wildman–Crippen LogP) is 2.65. The van der Waals surface area contributed by atoms with E-state index < -0.39 is 11.9 Å². The van der Waals surface area contributed by atoms with Gasteiger partial charge in [-0.3, -0.25) is 4.79 Å². The maximum Gasteiger partial charge on any atom is 0.312 e. The number of aromatic nitrogens is 2. The Bertz CT molecular complexity index is 546. The molecule has 18 heavy (non-hydrogen) atoms. The third-order valence-electron chi connectivity index (χ3n) is 2.61. The Morgan fingerprint density at radius 2 is 2.06 bits per heavy atom. The van der Waals surface area contributed by atoms with Gasteiger partial charge in [-0.2, -0.15) is 0 Å². The summed E-state index contributed by atoms with van der Waals surface area (Å²) in [5.74, 6) is -1.57. The summed E-state index contributed by atoms with van der Waals surface area (Å²) < 4.78 is 0.619. The zero-order chi connectivity index (χ0) is 13.0. The third kappa shape index (κ3) is 2.92. The fourth-order valence-electron chi connectivity index (χ4n) is 1.73. The Labute approximate surface area is 113 Å². The van der Waals surface area contributed by atoms with E-state index in [1.54, 1.807) is 6.20 Å². The molecule has 1 heterocycles. The number of carboxylic acids is 1. The van der Waals surface area contributed by atoms with Crippen LogP contribution in [0.25, 0.3) is 0 Å². The normalized spacial score (nSPS) is 12.1. The summed E-state index contributed by atoms with van der Waals surface area (Å²) in [6.07, 6.45) is 3.33. The van der Waals surface area contributed by atoms with Crippen LogP contribution in [0.3, 0.4) is 0 Å². The standard InChI is InChI=1S/C13H11BrN2O2/c14-11-7-15-8-16-12(11)10(13(17)18)6-9-4-2-1-3-5-9/h1-5,7-8,10H,6H2,(H,17,18). The summed E-state index contributed by atoms with van der Waals surface area (Å²) in [4.78, 5) is 19.3. The van der Waals surface area contributed by atoms with Gasteiger partial charge in [-0.25, -0.2) is 9.97 Å². The molecule has 1 aromatic heterocycles. The molecule has 4 nitrogen and oxygen atoms in total. The van der Waals surface area contributed by atoms with Crippen molar-refractivity contribution in [2.45, 2.75) is 12.3 Å². The summed E-state index contributed by atoms with van der Waals surface area (Å²) in [5, 5.41) is 9.33. The molecule has 1 atom stereocenters. The zero-order valence-electron chi connectivity index (χ0n) is 9.45. The highest BCUT2D eigenvalue weighted by atomic mass is 79.9. The first-order valence-electron chi connectivity index (χ1n) is 5.40. The minimum atomic E-state index is -0.891. The van der Waals surface area contributed by atoms with Crippen LogP contribution in [0.5, 0.6) is 0 Å². The Morgan fingerprint density at radius 3 is 2.67 bits per heavy atom. The lowest BCUT2D eigenvalue weighted by atomic mass is 9.96. The molecule has 0 bridgehead atoms. The molecule has 1 N–H and O–H groups in total. The van der Waals surface area contributed by atoms with Crippen molar-refractivity contribution in [2.75, 3.05) is 0 Å². The quantitative estimate of drug-likeness (QED) is 0.943. The first-order chi connectivity index (χ1) is 8.68. The molecular formula is C13H11BrN2O2. The van der Waals surface area contributed by atoms with Crippen LogP contribution in [-0.2, 0) is 11.2 Å². The van der Waals surface area contributed by atoms with E-state index in [4.69, 9.17) is 0 Å². The van der Waals surface area contributed by atoms with Crippen LogP contribution in [0.2, 0.25) is 0 Å². The maximum absolute atomic E-state index is 11.4. The Kier molecular flexibility index (Phi) is 4.04. The number of benzene rings is 1. The number of rotatable bonds is 4. The van der Waals surface area contributed by atoms with Crippen molar-refractivity contribution in [1.82, 2.24) is 9.97 Å². The summed E-state index contributed by atoms with van der Waals surface area (Å²) in [5.41, 5.74) is 1.47. The van der Waals surface area contributed by atoms with Gasteiger partial charge in [-0.05, 0) is 27.9 Å². The Balaban J connectivity index is 2.30. The summed E-state index contributed by atoms with van der Waals surface area (Å²) in [6, 6.07) is 9.50. The van der Waals surface area contributed by atoms with Gasteiger partial charge in [0, 0.05) is 6.20 Å². The van der Waals surface area contributed by atoms with E-state index in [1.165, 1.54) is 6.33 Å². The lowest BCUT2D eigenvalue weighted by Gasteiger charge is -2.12. The summed E-state index contributed by atoms with van der Waals surface area (Å²) >= 11 is 3.29. The second-order valence-corrected chi connectivity index (χ2v) is 4.69.